The Morgan fingerprint density at radius 1 is 1.54 bits per heavy atom. The number of hydrogen-bond acceptors (Lipinski definition) is 2. The molecule has 68 valence electrons. The maximum Gasteiger partial charge on any atom is 0.123 e. The van der Waals surface area contributed by atoms with Crippen LogP contribution >= 0.6 is 0 Å². The largest absolute Gasteiger partial charge is 0.302 e. The molecule has 0 aromatic heterocycles. The molecule has 0 bridgehead atoms. The molecule has 1 aliphatic heterocycles. The molecule has 1 aromatic rings. The SMILES string of the molecule is CC1=NNC(c2cccc(F)c2)C1. The molecule has 1 aliphatic rings. The van der Waals surface area contributed by atoms with E-state index in [1.54, 1.807) is 12.1 Å². The lowest BCUT2D eigenvalue weighted by Gasteiger charge is -2.09. The smallest absolute Gasteiger partial charge is 0.123 e. The van der Waals surface area contributed by atoms with Crippen LogP contribution in [0.2, 0.25) is 0 Å². The summed E-state index contributed by atoms with van der Waals surface area (Å²) in [4.78, 5) is 0. The molecule has 0 spiro atoms. The van der Waals surface area contributed by atoms with Crippen molar-refractivity contribution in [2.45, 2.75) is 19.4 Å². The van der Waals surface area contributed by atoms with E-state index < -0.39 is 0 Å². The zero-order chi connectivity index (χ0) is 9.26. The Bertz CT molecular complexity index is 347. The average Bonchev–Trinajstić information content (AvgIpc) is 2.52. The molecule has 1 unspecified atom stereocenters. The number of hydrazone groups is 1. The van der Waals surface area contributed by atoms with E-state index in [-0.39, 0.29) is 11.9 Å². The number of benzene rings is 1. The van der Waals surface area contributed by atoms with Gasteiger partial charge in [-0.1, -0.05) is 12.1 Å². The summed E-state index contributed by atoms with van der Waals surface area (Å²) in [5, 5.41) is 4.07. The Morgan fingerprint density at radius 3 is 3.00 bits per heavy atom. The average molecular weight is 178 g/mol. The Balaban J connectivity index is 2.18. The first-order valence-corrected chi connectivity index (χ1v) is 4.30. The van der Waals surface area contributed by atoms with Gasteiger partial charge in [0.25, 0.3) is 0 Å². The summed E-state index contributed by atoms with van der Waals surface area (Å²) in [5.41, 5.74) is 4.99. The van der Waals surface area contributed by atoms with Gasteiger partial charge in [-0.05, 0) is 24.6 Å². The van der Waals surface area contributed by atoms with Gasteiger partial charge in [0.05, 0.1) is 6.04 Å². The van der Waals surface area contributed by atoms with Gasteiger partial charge in [-0.15, -0.1) is 0 Å². The van der Waals surface area contributed by atoms with Gasteiger partial charge < -0.3 is 5.43 Å². The molecule has 1 atom stereocenters. The molecule has 1 heterocycles. The van der Waals surface area contributed by atoms with E-state index in [0.29, 0.717) is 0 Å². The molecular weight excluding hydrogens is 167 g/mol. The molecule has 0 amide bonds. The highest BCUT2D eigenvalue weighted by molar-refractivity contribution is 5.83. The standard InChI is InChI=1S/C10H11FN2/c1-7-5-10(13-12-7)8-3-2-4-9(11)6-8/h2-4,6,10,13H,5H2,1H3. The van der Waals surface area contributed by atoms with Crippen LogP contribution in [0.4, 0.5) is 4.39 Å². The Hall–Kier alpha value is -1.38. The van der Waals surface area contributed by atoms with Crippen molar-refractivity contribution in [3.63, 3.8) is 0 Å². The number of rotatable bonds is 1. The fourth-order valence-corrected chi connectivity index (χ4v) is 1.49. The van der Waals surface area contributed by atoms with Gasteiger partial charge in [-0.3, -0.25) is 0 Å². The zero-order valence-corrected chi connectivity index (χ0v) is 7.42. The molecule has 2 nitrogen and oxygen atoms in total. The van der Waals surface area contributed by atoms with Crippen LogP contribution in [0.5, 0.6) is 0 Å². The van der Waals surface area contributed by atoms with Crippen molar-refractivity contribution in [3.8, 4) is 0 Å². The lowest BCUT2D eigenvalue weighted by molar-refractivity contribution is 0.596. The second-order valence-corrected chi connectivity index (χ2v) is 3.29. The molecule has 2 rings (SSSR count). The lowest BCUT2D eigenvalue weighted by atomic mass is 10.0. The predicted octanol–water partition coefficient (Wildman–Crippen LogP) is 2.24. The predicted molar refractivity (Wildman–Crippen MR) is 50.0 cm³/mol. The van der Waals surface area contributed by atoms with Crippen LogP contribution in [0.3, 0.4) is 0 Å². The third-order valence-electron chi connectivity index (χ3n) is 2.16. The van der Waals surface area contributed by atoms with Crippen LogP contribution < -0.4 is 5.43 Å². The molecule has 3 heteroatoms. The zero-order valence-electron chi connectivity index (χ0n) is 7.42. The number of nitrogens with one attached hydrogen (secondary N) is 1. The first kappa shape index (κ1) is 8.23. The van der Waals surface area contributed by atoms with Gasteiger partial charge in [-0.2, -0.15) is 5.10 Å². The van der Waals surface area contributed by atoms with Gasteiger partial charge in [0.15, 0.2) is 0 Å². The van der Waals surface area contributed by atoms with E-state index in [9.17, 15) is 4.39 Å². The van der Waals surface area contributed by atoms with E-state index in [0.717, 1.165) is 17.7 Å². The Kier molecular flexibility index (Phi) is 2.00. The number of halogens is 1. The highest BCUT2D eigenvalue weighted by Crippen LogP contribution is 2.21. The second kappa shape index (κ2) is 3.17. The van der Waals surface area contributed by atoms with Crippen LogP contribution in [-0.4, -0.2) is 5.71 Å². The van der Waals surface area contributed by atoms with Crippen LogP contribution in [0.1, 0.15) is 24.9 Å². The molecule has 1 aromatic carbocycles. The Labute approximate surface area is 76.5 Å². The van der Waals surface area contributed by atoms with Crippen molar-refractivity contribution >= 4 is 5.71 Å². The van der Waals surface area contributed by atoms with E-state index in [1.165, 1.54) is 6.07 Å². The van der Waals surface area contributed by atoms with Crippen molar-refractivity contribution in [2.75, 3.05) is 0 Å². The normalized spacial score (nSPS) is 21.1. The fraction of sp³-hybridized carbons (Fsp3) is 0.300. The van der Waals surface area contributed by atoms with E-state index >= 15 is 0 Å². The molecular formula is C10H11FN2. The molecule has 0 aliphatic carbocycles. The van der Waals surface area contributed by atoms with Crippen LogP contribution in [0.15, 0.2) is 29.4 Å². The summed E-state index contributed by atoms with van der Waals surface area (Å²) in [6.07, 6.45) is 0.865. The van der Waals surface area contributed by atoms with E-state index in [4.69, 9.17) is 0 Å². The van der Waals surface area contributed by atoms with Crippen molar-refractivity contribution in [1.82, 2.24) is 5.43 Å². The summed E-state index contributed by atoms with van der Waals surface area (Å²) in [6.45, 7) is 1.96. The molecule has 0 radical (unpaired) electrons. The molecule has 0 saturated heterocycles. The minimum atomic E-state index is -0.191. The topological polar surface area (TPSA) is 24.4 Å². The van der Waals surface area contributed by atoms with Crippen molar-refractivity contribution in [2.24, 2.45) is 5.10 Å². The number of hydrogen-bond donors (Lipinski definition) is 1. The first-order chi connectivity index (χ1) is 6.25. The van der Waals surface area contributed by atoms with Gasteiger partial charge in [0.1, 0.15) is 5.82 Å². The van der Waals surface area contributed by atoms with Gasteiger partial charge in [-0.25, -0.2) is 4.39 Å². The van der Waals surface area contributed by atoms with Crippen LogP contribution in [-0.2, 0) is 0 Å². The van der Waals surface area contributed by atoms with Crippen molar-refractivity contribution in [1.29, 1.82) is 0 Å². The monoisotopic (exact) mass is 178 g/mol. The summed E-state index contributed by atoms with van der Waals surface area (Å²) in [7, 11) is 0. The highest BCUT2D eigenvalue weighted by atomic mass is 19.1. The van der Waals surface area contributed by atoms with Gasteiger partial charge >= 0.3 is 0 Å². The van der Waals surface area contributed by atoms with Gasteiger partial charge in [0.2, 0.25) is 0 Å². The maximum absolute atomic E-state index is 12.9. The van der Waals surface area contributed by atoms with Crippen molar-refractivity contribution < 1.29 is 4.39 Å². The summed E-state index contributed by atoms with van der Waals surface area (Å²) in [6, 6.07) is 6.78. The fourth-order valence-electron chi connectivity index (χ4n) is 1.49. The summed E-state index contributed by atoms with van der Waals surface area (Å²) < 4.78 is 12.9. The summed E-state index contributed by atoms with van der Waals surface area (Å²) >= 11 is 0. The molecule has 1 N–H and O–H groups in total. The Morgan fingerprint density at radius 2 is 2.38 bits per heavy atom. The van der Waals surface area contributed by atoms with Crippen LogP contribution in [0.25, 0.3) is 0 Å². The third kappa shape index (κ3) is 1.69. The van der Waals surface area contributed by atoms with Crippen molar-refractivity contribution in [3.05, 3.63) is 35.6 Å². The number of nitrogens with zero attached hydrogens (tertiary/aromatic N) is 1. The van der Waals surface area contributed by atoms with Gasteiger partial charge in [0, 0.05) is 12.1 Å². The lowest BCUT2D eigenvalue weighted by Crippen LogP contribution is -2.09. The minimum Gasteiger partial charge on any atom is -0.302 e. The quantitative estimate of drug-likeness (QED) is 0.700. The minimum absolute atomic E-state index is 0.149. The first-order valence-electron chi connectivity index (χ1n) is 4.30. The molecule has 13 heavy (non-hydrogen) atoms. The van der Waals surface area contributed by atoms with E-state index in [1.807, 2.05) is 13.0 Å². The van der Waals surface area contributed by atoms with Crippen LogP contribution in [0, 0.1) is 5.82 Å². The second-order valence-electron chi connectivity index (χ2n) is 3.29. The summed E-state index contributed by atoms with van der Waals surface area (Å²) in [5.74, 6) is -0.191. The third-order valence-corrected chi connectivity index (χ3v) is 2.16. The molecule has 0 saturated carbocycles. The maximum atomic E-state index is 12.9. The highest BCUT2D eigenvalue weighted by Gasteiger charge is 2.17. The van der Waals surface area contributed by atoms with E-state index in [2.05, 4.69) is 10.5 Å². The molecule has 0 fully saturated rings.